The zero-order chi connectivity index (χ0) is 12.7. The largest absolute Gasteiger partial charge is 0.340 e. The van der Waals surface area contributed by atoms with Crippen LogP contribution in [0.2, 0.25) is 5.02 Å². The molecule has 0 aromatic heterocycles. The number of carbonyl (C=O) groups excluding carboxylic acids is 1. The highest BCUT2D eigenvalue weighted by molar-refractivity contribution is 6.30. The van der Waals surface area contributed by atoms with Crippen LogP contribution in [0.15, 0.2) is 24.3 Å². The Balaban J connectivity index is 2.42. The fraction of sp³-hybridized carbons (Fsp3) is 0.308. The Bertz CT molecular complexity index is 426. The van der Waals surface area contributed by atoms with Gasteiger partial charge in [-0.2, -0.15) is 0 Å². The first-order valence-electron chi connectivity index (χ1n) is 5.37. The van der Waals surface area contributed by atoms with Crippen molar-refractivity contribution in [3.63, 3.8) is 0 Å². The van der Waals surface area contributed by atoms with Crippen LogP contribution in [0.25, 0.3) is 0 Å². The molecule has 1 aromatic rings. The Kier molecular flexibility index (Phi) is 5.55. The number of hydrogen-bond acceptors (Lipinski definition) is 1. The normalized spacial score (nSPS) is 11.6. The topological polar surface area (TPSA) is 33.5 Å². The number of rotatable bonds is 5. The second-order valence-electron chi connectivity index (χ2n) is 3.92. The number of benzene rings is 1. The number of carbonyl (C=O) groups is 1. The summed E-state index contributed by atoms with van der Waals surface area (Å²) in [7, 11) is 1.95. The summed E-state index contributed by atoms with van der Waals surface area (Å²) in [6.07, 6.45) is 5.06. The number of quaternary nitrogens is 1. The lowest BCUT2D eigenvalue weighted by Crippen LogP contribution is -3.08. The van der Waals surface area contributed by atoms with Crippen LogP contribution in [0.5, 0.6) is 0 Å². The lowest BCUT2D eigenvalue weighted by atomic mass is 10.2. The average Bonchev–Trinajstić information content (AvgIpc) is 2.26. The first-order valence-corrected chi connectivity index (χ1v) is 5.75. The predicted molar refractivity (Wildman–Crippen MR) is 68.8 cm³/mol. The summed E-state index contributed by atoms with van der Waals surface area (Å²) in [6, 6.07) is 7.64. The van der Waals surface area contributed by atoms with Crippen molar-refractivity contribution < 1.29 is 9.69 Å². The monoisotopic (exact) mass is 251 g/mol. The second-order valence-corrected chi connectivity index (χ2v) is 4.36. The second kappa shape index (κ2) is 6.95. The molecule has 1 atom stereocenters. The van der Waals surface area contributed by atoms with Crippen LogP contribution in [-0.2, 0) is 11.3 Å². The standard InChI is InChI=1S/C13H15ClN2O/c1-3-7-15-13(17)10-16(2)9-11-5-4-6-12(14)8-11/h1,4-6,8H,7,9-10H2,2H3,(H,15,17)/p+1. The molecule has 17 heavy (non-hydrogen) atoms. The number of halogens is 1. The molecule has 0 bridgehead atoms. The molecule has 0 fully saturated rings. The fourth-order valence-electron chi connectivity index (χ4n) is 1.54. The maximum Gasteiger partial charge on any atom is 0.275 e. The van der Waals surface area contributed by atoms with Gasteiger partial charge in [0.2, 0.25) is 0 Å². The van der Waals surface area contributed by atoms with E-state index in [1.54, 1.807) is 0 Å². The molecular weight excluding hydrogens is 236 g/mol. The van der Waals surface area contributed by atoms with E-state index in [1.165, 1.54) is 0 Å². The first-order chi connectivity index (χ1) is 8.11. The summed E-state index contributed by atoms with van der Waals surface area (Å²) in [5.41, 5.74) is 1.11. The van der Waals surface area contributed by atoms with Gasteiger partial charge in [0, 0.05) is 10.6 Å². The van der Waals surface area contributed by atoms with E-state index in [-0.39, 0.29) is 12.5 Å². The minimum absolute atomic E-state index is 0.0394. The zero-order valence-electron chi connectivity index (χ0n) is 9.79. The van der Waals surface area contributed by atoms with Crippen molar-refractivity contribution in [2.24, 2.45) is 0 Å². The third-order valence-electron chi connectivity index (χ3n) is 2.24. The molecule has 0 heterocycles. The van der Waals surface area contributed by atoms with Gasteiger partial charge in [0.25, 0.3) is 5.91 Å². The van der Waals surface area contributed by atoms with Crippen molar-refractivity contribution >= 4 is 17.5 Å². The molecule has 0 aliphatic carbocycles. The van der Waals surface area contributed by atoms with E-state index in [9.17, 15) is 4.79 Å². The van der Waals surface area contributed by atoms with Gasteiger partial charge in [-0.1, -0.05) is 29.7 Å². The van der Waals surface area contributed by atoms with Crippen molar-refractivity contribution in [1.82, 2.24) is 5.32 Å². The van der Waals surface area contributed by atoms with Crippen molar-refractivity contribution in [2.45, 2.75) is 6.54 Å². The van der Waals surface area contributed by atoms with Crippen LogP contribution < -0.4 is 10.2 Å². The minimum atomic E-state index is -0.0394. The Morgan fingerprint density at radius 1 is 1.59 bits per heavy atom. The number of likely N-dealkylation sites (N-methyl/N-ethyl adjacent to an activating group) is 1. The zero-order valence-corrected chi connectivity index (χ0v) is 10.6. The van der Waals surface area contributed by atoms with E-state index < -0.39 is 0 Å². The lowest BCUT2D eigenvalue weighted by molar-refractivity contribution is -0.885. The molecule has 1 amide bonds. The predicted octanol–water partition coefficient (Wildman–Crippen LogP) is 0.104. The molecule has 2 N–H and O–H groups in total. The van der Waals surface area contributed by atoms with E-state index in [0.29, 0.717) is 11.6 Å². The Hall–Kier alpha value is -1.50. The highest BCUT2D eigenvalue weighted by Crippen LogP contribution is 2.09. The molecule has 0 radical (unpaired) electrons. The van der Waals surface area contributed by atoms with Gasteiger partial charge in [-0.25, -0.2) is 0 Å². The number of nitrogens with one attached hydrogen (secondary N) is 2. The van der Waals surface area contributed by atoms with Crippen molar-refractivity contribution in [2.75, 3.05) is 20.1 Å². The number of terminal acetylenes is 1. The van der Waals surface area contributed by atoms with Gasteiger partial charge in [-0.15, -0.1) is 6.42 Å². The maximum atomic E-state index is 11.4. The summed E-state index contributed by atoms with van der Waals surface area (Å²) < 4.78 is 0. The molecule has 0 aliphatic rings. The van der Waals surface area contributed by atoms with Crippen molar-refractivity contribution in [1.29, 1.82) is 0 Å². The third kappa shape index (κ3) is 5.39. The molecule has 1 unspecified atom stereocenters. The van der Waals surface area contributed by atoms with Gasteiger partial charge in [0.1, 0.15) is 6.54 Å². The lowest BCUT2D eigenvalue weighted by Gasteiger charge is -2.13. The Labute approximate surface area is 107 Å². The quantitative estimate of drug-likeness (QED) is 0.716. The average molecular weight is 252 g/mol. The van der Waals surface area contributed by atoms with Crippen molar-refractivity contribution in [3.05, 3.63) is 34.9 Å². The summed E-state index contributed by atoms with van der Waals surface area (Å²) in [5, 5.41) is 3.35. The third-order valence-corrected chi connectivity index (χ3v) is 2.48. The molecule has 0 saturated heterocycles. The van der Waals surface area contributed by atoms with Gasteiger partial charge in [-0.3, -0.25) is 4.79 Å². The van der Waals surface area contributed by atoms with E-state index in [0.717, 1.165) is 17.0 Å². The summed E-state index contributed by atoms with van der Waals surface area (Å²) in [5.74, 6) is 2.33. The van der Waals surface area contributed by atoms with Gasteiger partial charge < -0.3 is 10.2 Å². The minimum Gasteiger partial charge on any atom is -0.340 e. The summed E-state index contributed by atoms with van der Waals surface area (Å²) in [4.78, 5) is 12.5. The van der Waals surface area contributed by atoms with Gasteiger partial charge in [0.05, 0.1) is 13.6 Å². The smallest absolute Gasteiger partial charge is 0.275 e. The van der Waals surface area contributed by atoms with E-state index >= 15 is 0 Å². The summed E-state index contributed by atoms with van der Waals surface area (Å²) >= 11 is 5.89. The molecule has 0 aliphatic heterocycles. The molecule has 4 heteroatoms. The Morgan fingerprint density at radius 2 is 2.35 bits per heavy atom. The molecule has 0 saturated carbocycles. The SMILES string of the molecule is C#CCNC(=O)C[NH+](C)Cc1cccc(Cl)c1. The van der Waals surface area contributed by atoms with E-state index in [4.69, 9.17) is 18.0 Å². The van der Waals surface area contributed by atoms with Crippen LogP contribution in [0.1, 0.15) is 5.56 Å². The number of hydrogen-bond donors (Lipinski definition) is 2. The Morgan fingerprint density at radius 3 is 3.00 bits per heavy atom. The van der Waals surface area contributed by atoms with Crippen LogP contribution in [-0.4, -0.2) is 26.0 Å². The highest BCUT2D eigenvalue weighted by Gasteiger charge is 2.09. The maximum absolute atomic E-state index is 11.4. The van der Waals surface area contributed by atoms with E-state index in [1.807, 2.05) is 31.3 Å². The molecular formula is C13H16ClN2O+. The van der Waals surface area contributed by atoms with Crippen LogP contribution >= 0.6 is 11.6 Å². The molecule has 3 nitrogen and oxygen atoms in total. The molecule has 1 aromatic carbocycles. The fourth-order valence-corrected chi connectivity index (χ4v) is 1.76. The van der Waals surface area contributed by atoms with Gasteiger partial charge in [0.15, 0.2) is 6.54 Å². The number of amides is 1. The van der Waals surface area contributed by atoms with Gasteiger partial charge in [-0.05, 0) is 12.1 Å². The summed E-state index contributed by atoms with van der Waals surface area (Å²) in [6.45, 7) is 1.43. The van der Waals surface area contributed by atoms with Crippen molar-refractivity contribution in [3.8, 4) is 12.3 Å². The van der Waals surface area contributed by atoms with Gasteiger partial charge >= 0.3 is 0 Å². The molecule has 1 rings (SSSR count). The first kappa shape index (κ1) is 13.6. The highest BCUT2D eigenvalue weighted by atomic mass is 35.5. The van der Waals surface area contributed by atoms with Crippen LogP contribution in [0.3, 0.4) is 0 Å². The van der Waals surface area contributed by atoms with Crippen LogP contribution in [0.4, 0.5) is 0 Å². The molecule has 0 spiro atoms. The van der Waals surface area contributed by atoms with E-state index in [2.05, 4.69) is 11.2 Å². The van der Waals surface area contributed by atoms with Crippen LogP contribution in [0, 0.1) is 12.3 Å². The molecule has 90 valence electrons.